The van der Waals surface area contributed by atoms with Crippen molar-refractivity contribution in [1.82, 2.24) is 10.7 Å². The van der Waals surface area contributed by atoms with Crippen LogP contribution in [0, 0.1) is 0 Å². The summed E-state index contributed by atoms with van der Waals surface area (Å²) in [6, 6.07) is 15.3. The Morgan fingerprint density at radius 3 is 2.60 bits per heavy atom. The van der Waals surface area contributed by atoms with Crippen molar-refractivity contribution in [2.45, 2.75) is 57.7 Å². The molecule has 5 rings (SSSR count). The maximum atomic E-state index is 13.8. The number of hydrazine groups is 1. The average Bonchev–Trinajstić information content (AvgIpc) is 3.43. The van der Waals surface area contributed by atoms with E-state index in [1.807, 2.05) is 30.3 Å². The number of hydrogen-bond donors (Lipinski definition) is 6. The van der Waals surface area contributed by atoms with E-state index in [4.69, 9.17) is 25.1 Å². The number of carbonyl (C=O) groups is 3. The Kier molecular flexibility index (Phi) is 10.9. The Morgan fingerprint density at radius 2 is 1.85 bits per heavy atom. The topological polar surface area (TPSA) is 186 Å². The van der Waals surface area contributed by atoms with Gasteiger partial charge in [-0.05, 0) is 66.8 Å². The molecule has 0 aliphatic carbocycles. The number of nitrogens with zero attached hydrogens (tertiary/aromatic N) is 1. The van der Waals surface area contributed by atoms with Gasteiger partial charge in [-0.15, -0.1) is 0 Å². The lowest BCUT2D eigenvalue weighted by molar-refractivity contribution is -0.282. The minimum absolute atomic E-state index is 0.0802. The molecule has 3 aromatic rings. The summed E-state index contributed by atoms with van der Waals surface area (Å²) in [4.78, 5) is 49.8. The summed E-state index contributed by atoms with van der Waals surface area (Å²) in [6.07, 6.45) is 0.129. The second-order valence-corrected chi connectivity index (χ2v) is 11.3. The fourth-order valence-corrected chi connectivity index (χ4v) is 5.64. The number of aliphatic hydroxyl groups excluding tert-OH is 1. The van der Waals surface area contributed by atoms with E-state index in [1.165, 1.54) is 14.2 Å². The molecule has 14 nitrogen and oxygen atoms in total. The second kappa shape index (κ2) is 15.2. The van der Waals surface area contributed by atoms with Gasteiger partial charge in [0.1, 0.15) is 19.4 Å². The SMILES string of the molecule is COOCc1cc(COc2cc3c(cc2OC)C(=O)N2c4ccccc4C[C@H]2C(O)N3)cc(NC(=O)CCCNC(=O)[C@@H](C)NN)c1. The first-order valence-corrected chi connectivity index (χ1v) is 15.3. The van der Waals surface area contributed by atoms with Gasteiger partial charge in [-0.2, -0.15) is 0 Å². The number of para-hydroxylation sites is 1. The molecule has 7 N–H and O–H groups in total. The Morgan fingerprint density at radius 1 is 1.09 bits per heavy atom. The highest BCUT2D eigenvalue weighted by molar-refractivity contribution is 6.12. The van der Waals surface area contributed by atoms with Crippen molar-refractivity contribution >= 4 is 34.8 Å². The first kappa shape index (κ1) is 33.6. The van der Waals surface area contributed by atoms with Gasteiger partial charge in [-0.1, -0.05) is 18.2 Å². The molecule has 0 saturated carbocycles. The van der Waals surface area contributed by atoms with Gasteiger partial charge in [0.15, 0.2) is 11.5 Å². The number of rotatable bonds is 14. The third-order valence-corrected chi connectivity index (χ3v) is 8.03. The predicted molar refractivity (Wildman–Crippen MR) is 174 cm³/mol. The smallest absolute Gasteiger partial charge is 0.260 e. The van der Waals surface area contributed by atoms with Gasteiger partial charge in [0.05, 0.1) is 37.6 Å². The van der Waals surface area contributed by atoms with Crippen molar-refractivity contribution in [2.24, 2.45) is 5.84 Å². The molecule has 250 valence electrons. The van der Waals surface area contributed by atoms with Crippen LogP contribution in [-0.2, 0) is 39.0 Å². The predicted octanol–water partition coefficient (Wildman–Crippen LogP) is 2.35. The molecular weight excluding hydrogens is 608 g/mol. The highest BCUT2D eigenvalue weighted by Gasteiger charge is 2.42. The number of nitrogens with one attached hydrogen (secondary N) is 4. The summed E-state index contributed by atoms with van der Waals surface area (Å²) in [5.41, 5.74) is 6.88. The van der Waals surface area contributed by atoms with Crippen molar-refractivity contribution in [3.05, 3.63) is 76.9 Å². The van der Waals surface area contributed by atoms with E-state index >= 15 is 0 Å². The average molecular weight is 649 g/mol. The number of methoxy groups -OCH3 is 1. The number of aliphatic hydroxyl groups is 1. The van der Waals surface area contributed by atoms with Crippen LogP contribution in [0.1, 0.15) is 46.8 Å². The van der Waals surface area contributed by atoms with Crippen LogP contribution in [0.25, 0.3) is 0 Å². The molecule has 3 aromatic carbocycles. The summed E-state index contributed by atoms with van der Waals surface area (Å²) in [6.45, 7) is 2.16. The molecule has 2 aliphatic heterocycles. The zero-order valence-electron chi connectivity index (χ0n) is 26.5. The van der Waals surface area contributed by atoms with E-state index in [0.29, 0.717) is 53.4 Å². The maximum Gasteiger partial charge on any atom is 0.260 e. The maximum absolute atomic E-state index is 13.8. The first-order chi connectivity index (χ1) is 22.7. The molecule has 3 atom stereocenters. The number of carbonyl (C=O) groups excluding carboxylic acids is 3. The van der Waals surface area contributed by atoms with Gasteiger partial charge in [0.25, 0.3) is 5.91 Å². The molecule has 0 fully saturated rings. The number of benzene rings is 3. The Balaban J connectivity index is 1.30. The molecule has 47 heavy (non-hydrogen) atoms. The second-order valence-electron chi connectivity index (χ2n) is 11.3. The standard InChI is InChI=1S/C33H40N6O8/c1-19(38-34)31(41)35-10-6-9-30(40)36-23-12-20(11-21(13-23)18-47-45-3)17-46-29-16-25-24(15-28(29)44-2)33(43)39-26-8-5-4-7-22(26)14-27(39)32(42)37-25/h4-5,7-8,11-13,15-16,19,27,32,37-38,42H,6,9-10,14,17-18,34H2,1-3H3,(H,35,41)(H,36,40)/t19-,27+,32?/m1/s1. The summed E-state index contributed by atoms with van der Waals surface area (Å²) in [5.74, 6) is 5.24. The van der Waals surface area contributed by atoms with Gasteiger partial charge in [0.2, 0.25) is 11.8 Å². The molecule has 0 radical (unpaired) electrons. The molecule has 0 aromatic heterocycles. The number of fused-ring (bicyclic) bond motifs is 4. The largest absolute Gasteiger partial charge is 0.493 e. The number of nitrogens with two attached hydrogens (primary N) is 1. The zero-order chi connectivity index (χ0) is 33.5. The molecular formula is C33H40N6O8. The van der Waals surface area contributed by atoms with Crippen molar-refractivity contribution in [2.75, 3.05) is 36.3 Å². The number of ether oxygens (including phenoxy) is 2. The number of anilines is 3. The monoisotopic (exact) mass is 648 g/mol. The number of amides is 3. The molecule has 2 aliphatic rings. The zero-order valence-corrected chi connectivity index (χ0v) is 26.5. The van der Waals surface area contributed by atoms with E-state index in [2.05, 4.69) is 21.4 Å². The third kappa shape index (κ3) is 7.81. The number of hydrogen-bond acceptors (Lipinski definition) is 11. The lowest BCUT2D eigenvalue weighted by atomic mass is 10.1. The van der Waals surface area contributed by atoms with Crippen LogP contribution in [0.4, 0.5) is 17.1 Å². The molecule has 2 heterocycles. The van der Waals surface area contributed by atoms with Crippen molar-refractivity contribution < 1.29 is 38.7 Å². The van der Waals surface area contributed by atoms with Crippen LogP contribution < -0.4 is 41.6 Å². The normalized spacial score (nSPS) is 17.0. The molecule has 0 bridgehead atoms. The molecule has 14 heteroatoms. The van der Waals surface area contributed by atoms with Crippen LogP contribution >= 0.6 is 0 Å². The highest BCUT2D eigenvalue weighted by Crippen LogP contribution is 2.41. The quantitative estimate of drug-likeness (QED) is 0.0653. The van der Waals surface area contributed by atoms with Crippen LogP contribution in [0.2, 0.25) is 0 Å². The molecule has 3 amide bonds. The fourth-order valence-electron chi connectivity index (χ4n) is 5.64. The van der Waals surface area contributed by atoms with Crippen LogP contribution in [-0.4, -0.2) is 61.9 Å². The Hall–Kier alpha value is -4.73. The van der Waals surface area contributed by atoms with Gasteiger partial charge in [-0.25, -0.2) is 15.2 Å². The summed E-state index contributed by atoms with van der Waals surface area (Å²) in [7, 11) is 2.89. The van der Waals surface area contributed by atoms with Gasteiger partial charge < -0.3 is 35.4 Å². The minimum atomic E-state index is -1.01. The van der Waals surface area contributed by atoms with E-state index in [0.717, 1.165) is 16.8 Å². The van der Waals surface area contributed by atoms with Crippen molar-refractivity contribution in [1.29, 1.82) is 0 Å². The Bertz CT molecular complexity index is 1620. The molecule has 1 unspecified atom stereocenters. The van der Waals surface area contributed by atoms with Crippen molar-refractivity contribution in [3.8, 4) is 11.5 Å². The van der Waals surface area contributed by atoms with E-state index in [-0.39, 0.29) is 37.4 Å². The first-order valence-electron chi connectivity index (χ1n) is 15.3. The van der Waals surface area contributed by atoms with E-state index < -0.39 is 18.3 Å². The van der Waals surface area contributed by atoms with Gasteiger partial charge in [-0.3, -0.25) is 20.2 Å². The van der Waals surface area contributed by atoms with Gasteiger partial charge >= 0.3 is 0 Å². The lowest BCUT2D eigenvalue weighted by Crippen LogP contribution is -2.45. The Labute approximate surface area is 272 Å². The summed E-state index contributed by atoms with van der Waals surface area (Å²) in [5, 5.41) is 19.8. The third-order valence-electron chi connectivity index (χ3n) is 8.03. The van der Waals surface area contributed by atoms with Crippen LogP contribution in [0.3, 0.4) is 0 Å². The van der Waals surface area contributed by atoms with Gasteiger partial charge in [0, 0.05) is 30.4 Å². The lowest BCUT2D eigenvalue weighted by Gasteiger charge is -2.26. The minimum Gasteiger partial charge on any atom is -0.493 e. The summed E-state index contributed by atoms with van der Waals surface area (Å²) >= 11 is 0. The fraction of sp³-hybridized carbons (Fsp3) is 0.364. The van der Waals surface area contributed by atoms with Crippen molar-refractivity contribution in [3.63, 3.8) is 0 Å². The molecule has 0 saturated heterocycles. The molecule has 0 spiro atoms. The van der Waals surface area contributed by atoms with Crippen LogP contribution in [0.15, 0.2) is 54.6 Å². The van der Waals surface area contributed by atoms with E-state index in [9.17, 15) is 19.5 Å². The summed E-state index contributed by atoms with van der Waals surface area (Å²) < 4.78 is 11.8. The van der Waals surface area contributed by atoms with Crippen LogP contribution in [0.5, 0.6) is 11.5 Å². The highest BCUT2D eigenvalue weighted by atomic mass is 17.2. The van der Waals surface area contributed by atoms with E-state index in [1.54, 1.807) is 36.1 Å².